The van der Waals surface area contributed by atoms with Crippen LogP contribution in [0.1, 0.15) is 45.8 Å². The molecule has 1 N–H and O–H groups in total. The van der Waals surface area contributed by atoms with Gasteiger partial charge in [0.1, 0.15) is 12.4 Å². The van der Waals surface area contributed by atoms with Gasteiger partial charge in [-0.15, -0.1) is 5.10 Å². The molecule has 0 aliphatic heterocycles. The Morgan fingerprint density at radius 3 is 2.19 bits per heavy atom. The predicted molar refractivity (Wildman–Crippen MR) is 96.2 cm³/mol. The number of hydrogen-bond donors (Lipinski definition) is 1. The van der Waals surface area contributed by atoms with Gasteiger partial charge in [-0.25, -0.2) is 14.6 Å². The van der Waals surface area contributed by atoms with Gasteiger partial charge in [-0.1, -0.05) is 0 Å². The first-order chi connectivity index (χ1) is 14.9. The highest BCUT2D eigenvalue weighted by atomic mass is 19.4. The van der Waals surface area contributed by atoms with Crippen molar-refractivity contribution in [3.05, 3.63) is 70.9 Å². The van der Waals surface area contributed by atoms with Crippen LogP contribution in [-0.4, -0.2) is 25.7 Å². The molecule has 3 rings (SSSR count). The van der Waals surface area contributed by atoms with Crippen molar-refractivity contribution in [3.63, 3.8) is 0 Å². The fourth-order valence-corrected chi connectivity index (χ4v) is 2.60. The van der Waals surface area contributed by atoms with Crippen molar-refractivity contribution >= 4 is 5.91 Å². The molecule has 7 nitrogen and oxygen atoms in total. The molecule has 0 saturated carbocycles. The van der Waals surface area contributed by atoms with Crippen LogP contribution in [0.3, 0.4) is 0 Å². The van der Waals surface area contributed by atoms with Gasteiger partial charge in [0, 0.05) is 11.8 Å². The minimum absolute atomic E-state index is 0.0348. The van der Waals surface area contributed by atoms with Gasteiger partial charge in [-0.05, 0) is 37.3 Å². The van der Waals surface area contributed by atoms with E-state index in [2.05, 4.69) is 20.4 Å². The van der Waals surface area contributed by atoms with Crippen LogP contribution in [0, 0.1) is 11.3 Å². The maximum absolute atomic E-state index is 13.0. The van der Waals surface area contributed by atoms with E-state index in [4.69, 9.17) is 5.26 Å². The molecule has 0 bridgehead atoms. The number of aromatic nitrogens is 4. The van der Waals surface area contributed by atoms with Gasteiger partial charge in [-0.3, -0.25) is 4.79 Å². The summed E-state index contributed by atoms with van der Waals surface area (Å²) in [7, 11) is 0. The normalized spacial score (nSPS) is 12.8. The summed E-state index contributed by atoms with van der Waals surface area (Å²) >= 11 is 0. The SMILES string of the molecule is CC(NC(=O)c1cc(C(F)(F)F)cc(C(F)(F)F)c1)c1ncn(-c2ccc(C#N)cn2)n1. The maximum Gasteiger partial charge on any atom is 0.416 e. The molecule has 1 unspecified atom stereocenters. The van der Waals surface area contributed by atoms with Gasteiger partial charge in [-0.2, -0.15) is 31.6 Å². The van der Waals surface area contributed by atoms with Crippen molar-refractivity contribution in [2.24, 2.45) is 0 Å². The highest BCUT2D eigenvalue weighted by Crippen LogP contribution is 2.36. The molecule has 2 heterocycles. The highest BCUT2D eigenvalue weighted by molar-refractivity contribution is 5.94. The Kier molecular flexibility index (Phi) is 5.89. The lowest BCUT2D eigenvalue weighted by atomic mass is 10.0. The van der Waals surface area contributed by atoms with Crippen molar-refractivity contribution in [3.8, 4) is 11.9 Å². The van der Waals surface area contributed by atoms with E-state index >= 15 is 0 Å². The van der Waals surface area contributed by atoms with Crippen molar-refractivity contribution in [1.29, 1.82) is 5.26 Å². The van der Waals surface area contributed by atoms with Gasteiger partial charge in [0.2, 0.25) is 0 Å². The Morgan fingerprint density at radius 1 is 1.06 bits per heavy atom. The third-order valence-electron chi connectivity index (χ3n) is 4.21. The summed E-state index contributed by atoms with van der Waals surface area (Å²) in [6, 6.07) is 4.53. The summed E-state index contributed by atoms with van der Waals surface area (Å²) < 4.78 is 79.2. The molecule has 0 aliphatic rings. The number of pyridine rings is 1. The Hall–Kier alpha value is -3.95. The number of hydrogen-bond acceptors (Lipinski definition) is 5. The van der Waals surface area contributed by atoms with Gasteiger partial charge in [0.15, 0.2) is 11.6 Å². The van der Waals surface area contributed by atoms with E-state index < -0.39 is 41.0 Å². The molecule has 0 fully saturated rings. The van der Waals surface area contributed by atoms with E-state index in [1.807, 2.05) is 6.07 Å². The van der Waals surface area contributed by atoms with Crippen LogP contribution in [0.5, 0.6) is 0 Å². The molecular formula is C19H12F6N6O. The Balaban J connectivity index is 1.83. The number of amides is 1. The average molecular weight is 454 g/mol. The van der Waals surface area contributed by atoms with Gasteiger partial charge in [0.25, 0.3) is 5.91 Å². The fourth-order valence-electron chi connectivity index (χ4n) is 2.60. The first kappa shape index (κ1) is 22.7. The monoisotopic (exact) mass is 454 g/mol. The molecule has 3 aromatic rings. The first-order valence-corrected chi connectivity index (χ1v) is 8.77. The number of halogens is 6. The lowest BCUT2D eigenvalue weighted by Gasteiger charge is -2.15. The van der Waals surface area contributed by atoms with Crippen LogP contribution in [0.2, 0.25) is 0 Å². The molecule has 0 spiro atoms. The van der Waals surface area contributed by atoms with Gasteiger partial charge >= 0.3 is 12.4 Å². The standard InChI is InChI=1S/C19H12F6N6O/c1-10(16-28-9-31(30-16)15-3-2-11(7-26)8-27-15)29-17(32)12-4-13(18(20,21)22)6-14(5-12)19(23,24)25/h2-6,8-10H,1H3,(H,29,32). The number of benzene rings is 1. The molecule has 32 heavy (non-hydrogen) atoms. The summed E-state index contributed by atoms with van der Waals surface area (Å²) in [5, 5.41) is 15.1. The summed E-state index contributed by atoms with van der Waals surface area (Å²) in [6.45, 7) is 1.40. The van der Waals surface area contributed by atoms with E-state index in [-0.39, 0.29) is 11.9 Å². The molecule has 2 aromatic heterocycles. The van der Waals surface area contributed by atoms with Crippen LogP contribution in [0.25, 0.3) is 5.82 Å². The van der Waals surface area contributed by atoms with E-state index in [1.165, 1.54) is 36.3 Å². The van der Waals surface area contributed by atoms with E-state index in [9.17, 15) is 31.1 Å². The summed E-state index contributed by atoms with van der Waals surface area (Å²) in [6.07, 6.45) is -7.60. The van der Waals surface area contributed by atoms with Crippen molar-refractivity contribution < 1.29 is 31.1 Å². The zero-order valence-corrected chi connectivity index (χ0v) is 16.0. The topological polar surface area (TPSA) is 96.5 Å². The number of carbonyl (C=O) groups is 1. The molecule has 0 radical (unpaired) electrons. The van der Waals surface area contributed by atoms with Crippen molar-refractivity contribution in [2.75, 3.05) is 0 Å². The van der Waals surface area contributed by atoms with Gasteiger partial charge < -0.3 is 5.32 Å². The van der Waals surface area contributed by atoms with Crippen molar-refractivity contribution in [1.82, 2.24) is 25.1 Å². The molecule has 1 amide bonds. The third kappa shape index (κ3) is 5.02. The number of rotatable bonds is 4. The van der Waals surface area contributed by atoms with E-state index in [0.717, 1.165) is 0 Å². The molecule has 0 aliphatic carbocycles. The number of nitrogens with zero attached hydrogens (tertiary/aromatic N) is 5. The van der Waals surface area contributed by atoms with E-state index in [1.54, 1.807) is 0 Å². The molecule has 0 saturated heterocycles. The predicted octanol–water partition coefficient (Wildman–Crippen LogP) is 4.06. The zero-order valence-electron chi connectivity index (χ0n) is 16.0. The van der Waals surface area contributed by atoms with Crippen LogP contribution in [0.4, 0.5) is 26.3 Å². The molecule has 1 aromatic carbocycles. The van der Waals surface area contributed by atoms with Crippen LogP contribution >= 0.6 is 0 Å². The zero-order chi connectivity index (χ0) is 23.7. The third-order valence-corrected chi connectivity index (χ3v) is 4.21. The number of nitrogens with one attached hydrogen (secondary N) is 1. The molecule has 166 valence electrons. The second-order valence-corrected chi connectivity index (χ2v) is 6.55. The molecular weight excluding hydrogens is 442 g/mol. The molecule has 1 atom stereocenters. The lowest BCUT2D eigenvalue weighted by molar-refractivity contribution is -0.143. The molecule has 13 heteroatoms. The Morgan fingerprint density at radius 2 is 1.69 bits per heavy atom. The van der Waals surface area contributed by atoms with Crippen LogP contribution in [0.15, 0.2) is 42.9 Å². The van der Waals surface area contributed by atoms with Crippen LogP contribution in [-0.2, 0) is 12.4 Å². The van der Waals surface area contributed by atoms with Crippen molar-refractivity contribution in [2.45, 2.75) is 25.3 Å². The maximum atomic E-state index is 13.0. The Bertz CT molecular complexity index is 1140. The minimum atomic E-state index is -5.07. The van der Waals surface area contributed by atoms with Gasteiger partial charge in [0.05, 0.1) is 22.7 Å². The smallest absolute Gasteiger partial charge is 0.342 e. The van der Waals surface area contributed by atoms with E-state index in [0.29, 0.717) is 23.5 Å². The number of carbonyl (C=O) groups excluding carboxylic acids is 1. The van der Waals surface area contributed by atoms with Crippen LogP contribution < -0.4 is 5.32 Å². The summed E-state index contributed by atoms with van der Waals surface area (Å²) in [4.78, 5) is 20.4. The summed E-state index contributed by atoms with van der Waals surface area (Å²) in [5.41, 5.74) is -3.69. The lowest BCUT2D eigenvalue weighted by Crippen LogP contribution is -2.28. The Labute approximate surface area is 176 Å². The second-order valence-electron chi connectivity index (χ2n) is 6.55. The quantitative estimate of drug-likeness (QED) is 0.600. The number of nitriles is 1. The number of alkyl halides is 6. The largest absolute Gasteiger partial charge is 0.416 e. The summed E-state index contributed by atoms with van der Waals surface area (Å²) in [5.74, 6) is -0.830. The highest BCUT2D eigenvalue weighted by Gasteiger charge is 2.37. The first-order valence-electron chi connectivity index (χ1n) is 8.77. The minimum Gasteiger partial charge on any atom is -0.342 e. The fraction of sp³-hybridized carbons (Fsp3) is 0.211. The second kappa shape index (κ2) is 8.29. The average Bonchev–Trinajstić information content (AvgIpc) is 3.22.